The van der Waals surface area contributed by atoms with Gasteiger partial charge in [-0.25, -0.2) is 4.98 Å². The van der Waals surface area contributed by atoms with Gasteiger partial charge in [-0.05, 0) is 31.2 Å². The first-order valence-electron chi connectivity index (χ1n) is 10.4. The number of fused-ring (bicyclic) bond motifs is 1. The third-order valence-electron chi connectivity index (χ3n) is 5.39. The molecule has 2 heterocycles. The summed E-state index contributed by atoms with van der Waals surface area (Å²) in [7, 11) is 0. The summed E-state index contributed by atoms with van der Waals surface area (Å²) in [5, 5.41) is 0.151. The first kappa shape index (κ1) is 20.8. The molecule has 0 aliphatic carbocycles. The molecule has 0 radical (unpaired) electrons. The number of imidazole rings is 1. The molecule has 6 nitrogen and oxygen atoms in total. The first-order chi connectivity index (χ1) is 14.7. The topological polar surface area (TPSA) is 61.5 Å². The lowest BCUT2D eigenvalue weighted by molar-refractivity contribution is -0.130. The second kappa shape index (κ2) is 10.00. The average molecular weight is 425 g/mol. The lowest BCUT2D eigenvalue weighted by atomic mass is 10.3. The van der Waals surface area contributed by atoms with Gasteiger partial charge in [0.05, 0.1) is 22.0 Å². The van der Waals surface area contributed by atoms with Crippen LogP contribution in [0, 0.1) is 0 Å². The van der Waals surface area contributed by atoms with E-state index in [-0.39, 0.29) is 11.2 Å². The van der Waals surface area contributed by atoms with Crippen LogP contribution in [0.4, 0.5) is 0 Å². The molecule has 1 saturated heterocycles. The van der Waals surface area contributed by atoms with Crippen LogP contribution < -0.4 is 4.74 Å². The number of rotatable bonds is 8. The lowest BCUT2D eigenvalue weighted by Crippen LogP contribution is -2.50. The number of nitrogens with one attached hydrogen (secondary N) is 1. The maximum absolute atomic E-state index is 12.6. The van der Waals surface area contributed by atoms with Crippen LogP contribution in [0.1, 0.15) is 18.0 Å². The molecule has 1 amide bonds. The Labute approximate surface area is 181 Å². The molecule has 30 heavy (non-hydrogen) atoms. The highest BCUT2D eigenvalue weighted by Crippen LogP contribution is 2.28. The molecule has 7 heteroatoms. The highest BCUT2D eigenvalue weighted by Gasteiger charge is 2.22. The number of benzene rings is 2. The second-order valence-electron chi connectivity index (χ2n) is 7.48. The van der Waals surface area contributed by atoms with E-state index in [9.17, 15) is 4.79 Å². The predicted octanol–water partition coefficient (Wildman–Crippen LogP) is 3.58. The number of amides is 1. The Morgan fingerprint density at radius 3 is 2.60 bits per heavy atom. The quantitative estimate of drug-likeness (QED) is 0.599. The van der Waals surface area contributed by atoms with Crippen molar-refractivity contribution in [1.82, 2.24) is 19.8 Å². The summed E-state index contributed by atoms with van der Waals surface area (Å²) >= 11 is 1.64. The monoisotopic (exact) mass is 424 g/mol. The van der Waals surface area contributed by atoms with Crippen molar-refractivity contribution in [3.8, 4) is 5.75 Å². The van der Waals surface area contributed by atoms with Gasteiger partial charge in [0.25, 0.3) is 0 Å². The lowest BCUT2D eigenvalue weighted by Gasteiger charge is -2.34. The van der Waals surface area contributed by atoms with Gasteiger partial charge in [-0.3, -0.25) is 9.69 Å². The van der Waals surface area contributed by atoms with E-state index < -0.39 is 0 Å². The van der Waals surface area contributed by atoms with Gasteiger partial charge in [-0.15, -0.1) is 11.8 Å². The summed E-state index contributed by atoms with van der Waals surface area (Å²) in [4.78, 5) is 25.0. The Bertz CT molecular complexity index is 921. The Morgan fingerprint density at radius 1 is 1.10 bits per heavy atom. The molecule has 1 unspecified atom stereocenters. The van der Waals surface area contributed by atoms with Gasteiger partial charge in [-0.2, -0.15) is 0 Å². The third-order valence-corrected chi connectivity index (χ3v) is 6.53. The number of piperazine rings is 1. The van der Waals surface area contributed by atoms with E-state index >= 15 is 0 Å². The molecule has 1 aliphatic heterocycles. The zero-order chi connectivity index (χ0) is 20.8. The van der Waals surface area contributed by atoms with Crippen LogP contribution in [0.5, 0.6) is 5.75 Å². The number of aromatic amines is 1. The summed E-state index contributed by atoms with van der Waals surface area (Å²) in [6.07, 6.45) is 0. The Morgan fingerprint density at radius 2 is 1.83 bits per heavy atom. The van der Waals surface area contributed by atoms with E-state index in [0.717, 1.165) is 55.3 Å². The minimum atomic E-state index is 0.151. The van der Waals surface area contributed by atoms with Gasteiger partial charge in [0, 0.05) is 32.7 Å². The second-order valence-corrected chi connectivity index (χ2v) is 8.81. The van der Waals surface area contributed by atoms with Crippen LogP contribution in [-0.4, -0.2) is 70.8 Å². The van der Waals surface area contributed by atoms with Crippen LogP contribution in [-0.2, 0) is 4.79 Å². The molecule has 1 aliphatic rings. The van der Waals surface area contributed by atoms with Crippen molar-refractivity contribution in [2.24, 2.45) is 0 Å². The minimum absolute atomic E-state index is 0.151. The number of carbonyl (C=O) groups is 1. The van der Waals surface area contributed by atoms with Gasteiger partial charge in [0.15, 0.2) is 0 Å². The summed E-state index contributed by atoms with van der Waals surface area (Å²) < 4.78 is 5.78. The highest BCUT2D eigenvalue weighted by atomic mass is 32.2. The largest absolute Gasteiger partial charge is 0.492 e. The predicted molar refractivity (Wildman–Crippen MR) is 122 cm³/mol. The molecule has 1 N–H and O–H groups in total. The van der Waals surface area contributed by atoms with E-state index in [1.807, 2.05) is 59.5 Å². The number of ether oxygens (including phenoxy) is 1. The first-order valence-corrected chi connectivity index (χ1v) is 11.5. The molecule has 1 atom stereocenters. The number of thioether (sulfide) groups is 1. The summed E-state index contributed by atoms with van der Waals surface area (Å²) in [5.41, 5.74) is 2.01. The number of aromatic nitrogens is 2. The number of para-hydroxylation sites is 3. The van der Waals surface area contributed by atoms with E-state index in [0.29, 0.717) is 12.4 Å². The van der Waals surface area contributed by atoms with E-state index in [2.05, 4.69) is 21.8 Å². The van der Waals surface area contributed by atoms with Gasteiger partial charge < -0.3 is 14.6 Å². The van der Waals surface area contributed by atoms with Gasteiger partial charge in [-0.1, -0.05) is 30.3 Å². The Hall–Kier alpha value is -2.51. The fourth-order valence-corrected chi connectivity index (χ4v) is 4.41. The standard InChI is InChI=1S/C23H28N4O2S/c1-18(23-24-20-9-5-6-10-21(20)25-23)30-17-22(28)27-13-11-26(12-14-27)15-16-29-19-7-3-2-4-8-19/h2-10,18H,11-17H2,1H3,(H,24,25). The van der Waals surface area contributed by atoms with Crippen molar-refractivity contribution in [3.05, 3.63) is 60.4 Å². The summed E-state index contributed by atoms with van der Waals surface area (Å²) in [6.45, 7) is 7.01. The van der Waals surface area contributed by atoms with Gasteiger partial charge >= 0.3 is 0 Å². The van der Waals surface area contributed by atoms with Crippen LogP contribution in [0.2, 0.25) is 0 Å². The van der Waals surface area contributed by atoms with Crippen LogP contribution in [0.3, 0.4) is 0 Å². The van der Waals surface area contributed by atoms with Crippen LogP contribution in [0.25, 0.3) is 11.0 Å². The van der Waals surface area contributed by atoms with Crippen molar-refractivity contribution in [2.75, 3.05) is 45.1 Å². The summed E-state index contributed by atoms with van der Waals surface area (Å²) in [5.74, 6) is 2.53. The third kappa shape index (κ3) is 5.34. The van der Waals surface area contributed by atoms with E-state index in [4.69, 9.17) is 4.74 Å². The molecule has 0 bridgehead atoms. The molecule has 1 fully saturated rings. The highest BCUT2D eigenvalue weighted by molar-refractivity contribution is 8.00. The normalized spacial score (nSPS) is 16.0. The maximum atomic E-state index is 12.6. The minimum Gasteiger partial charge on any atom is -0.492 e. The van der Waals surface area contributed by atoms with Crippen LogP contribution in [0.15, 0.2) is 54.6 Å². The van der Waals surface area contributed by atoms with Crippen molar-refractivity contribution in [1.29, 1.82) is 0 Å². The van der Waals surface area contributed by atoms with Gasteiger partial charge in [0.2, 0.25) is 5.91 Å². The number of nitrogens with zero attached hydrogens (tertiary/aromatic N) is 3. The van der Waals surface area contributed by atoms with E-state index in [1.54, 1.807) is 11.8 Å². The molecule has 158 valence electrons. The van der Waals surface area contributed by atoms with Crippen molar-refractivity contribution in [2.45, 2.75) is 12.2 Å². The molecule has 4 rings (SSSR count). The molecule has 2 aromatic carbocycles. The molecule has 1 aromatic heterocycles. The molecule has 0 spiro atoms. The average Bonchev–Trinajstić information content (AvgIpc) is 3.23. The zero-order valence-electron chi connectivity index (χ0n) is 17.3. The fourth-order valence-electron chi connectivity index (χ4n) is 3.56. The molecule has 0 saturated carbocycles. The number of H-pyrrole nitrogens is 1. The van der Waals surface area contributed by atoms with Crippen molar-refractivity contribution >= 4 is 28.7 Å². The van der Waals surface area contributed by atoms with E-state index in [1.165, 1.54) is 0 Å². The van der Waals surface area contributed by atoms with Crippen molar-refractivity contribution < 1.29 is 9.53 Å². The number of carbonyl (C=O) groups excluding carboxylic acids is 1. The van der Waals surface area contributed by atoms with Crippen LogP contribution >= 0.6 is 11.8 Å². The molecule has 3 aromatic rings. The fraction of sp³-hybridized carbons (Fsp3) is 0.391. The number of hydrogen-bond donors (Lipinski definition) is 1. The maximum Gasteiger partial charge on any atom is 0.232 e. The number of hydrogen-bond acceptors (Lipinski definition) is 5. The van der Waals surface area contributed by atoms with Crippen molar-refractivity contribution in [3.63, 3.8) is 0 Å². The Kier molecular flexibility index (Phi) is 6.92. The SMILES string of the molecule is CC(SCC(=O)N1CCN(CCOc2ccccc2)CC1)c1nc2ccccc2[nH]1. The Balaban J connectivity index is 1.17. The molecular weight excluding hydrogens is 396 g/mol. The smallest absolute Gasteiger partial charge is 0.232 e. The zero-order valence-corrected chi connectivity index (χ0v) is 18.1. The van der Waals surface area contributed by atoms with Gasteiger partial charge in [0.1, 0.15) is 18.2 Å². The molecular formula is C23H28N4O2S. The summed E-state index contributed by atoms with van der Waals surface area (Å²) in [6, 6.07) is 17.9.